The Balaban J connectivity index is 0.000000362. The van der Waals surface area contributed by atoms with E-state index in [1.165, 1.54) is 6.20 Å². The molecule has 0 spiro atoms. The summed E-state index contributed by atoms with van der Waals surface area (Å²) >= 11 is 11.3. The number of likely N-dealkylation sites (tertiary alicyclic amines) is 1. The van der Waals surface area contributed by atoms with Crippen molar-refractivity contribution in [3.05, 3.63) is 28.0 Å². The number of rotatable bonds is 2. The van der Waals surface area contributed by atoms with E-state index in [4.69, 9.17) is 32.7 Å². The number of esters is 1. The van der Waals surface area contributed by atoms with Crippen LogP contribution in [0.25, 0.3) is 0 Å². The van der Waals surface area contributed by atoms with Crippen LogP contribution in [0.3, 0.4) is 0 Å². The third kappa shape index (κ3) is 7.47. The lowest BCUT2D eigenvalue weighted by atomic mass is 9.80. The SMILES string of the molecule is CCOC(=O)C1(C)CCN(C(=O)OC(C)(C)C)CC1.Cc1cncc(Cl)c1Cl. The number of carbonyl (C=O) groups excluding carboxylic acids is 2. The van der Waals surface area contributed by atoms with Crippen molar-refractivity contribution < 1.29 is 19.1 Å². The van der Waals surface area contributed by atoms with E-state index >= 15 is 0 Å². The second-order valence-corrected chi connectivity index (χ2v) is 8.79. The molecule has 0 bridgehead atoms. The molecule has 1 aromatic heterocycles. The molecule has 158 valence electrons. The number of aromatic nitrogens is 1. The zero-order valence-corrected chi connectivity index (χ0v) is 19.0. The van der Waals surface area contributed by atoms with Crippen molar-refractivity contribution in [3.8, 4) is 0 Å². The molecule has 28 heavy (non-hydrogen) atoms. The molecule has 0 aromatic carbocycles. The number of aryl methyl sites for hydroxylation is 1. The zero-order valence-electron chi connectivity index (χ0n) is 17.5. The monoisotopic (exact) mass is 432 g/mol. The molecule has 8 heteroatoms. The van der Waals surface area contributed by atoms with Crippen molar-refractivity contribution in [2.75, 3.05) is 19.7 Å². The molecule has 0 saturated carbocycles. The van der Waals surface area contributed by atoms with Gasteiger partial charge in [-0.25, -0.2) is 4.79 Å². The van der Waals surface area contributed by atoms with Crippen molar-refractivity contribution >= 4 is 35.3 Å². The largest absolute Gasteiger partial charge is 0.466 e. The lowest BCUT2D eigenvalue weighted by molar-refractivity contribution is -0.157. The Hall–Kier alpha value is -1.53. The molecule has 0 atom stereocenters. The summed E-state index contributed by atoms with van der Waals surface area (Å²) in [6.07, 6.45) is 4.12. The van der Waals surface area contributed by atoms with Gasteiger partial charge in [0.25, 0.3) is 0 Å². The Bertz CT molecular complexity index is 661. The molecule has 1 aliphatic rings. The molecule has 0 radical (unpaired) electrons. The third-order valence-electron chi connectivity index (χ3n) is 4.30. The van der Waals surface area contributed by atoms with Crippen LogP contribution < -0.4 is 0 Å². The molecule has 0 N–H and O–H groups in total. The normalized spacial score (nSPS) is 15.9. The molecule has 1 aliphatic heterocycles. The van der Waals surface area contributed by atoms with Gasteiger partial charge >= 0.3 is 12.1 Å². The first-order chi connectivity index (χ1) is 12.9. The standard InChI is InChI=1S/C14H25NO4.C6H5Cl2N/c1-6-18-11(16)14(5)7-9-15(10-8-14)12(17)19-13(2,3)4;1-4-2-9-3-5(7)6(4)8/h6-10H2,1-5H3;2-3H,1H3. The van der Waals surface area contributed by atoms with E-state index in [1.807, 2.05) is 34.6 Å². The molecule has 1 amide bonds. The van der Waals surface area contributed by atoms with E-state index in [1.54, 1.807) is 18.0 Å². The number of ether oxygens (including phenoxy) is 2. The molecule has 2 heterocycles. The summed E-state index contributed by atoms with van der Waals surface area (Å²) in [4.78, 5) is 29.3. The van der Waals surface area contributed by atoms with Crippen LogP contribution in [0.2, 0.25) is 10.0 Å². The zero-order chi connectivity index (χ0) is 21.5. The van der Waals surface area contributed by atoms with E-state index < -0.39 is 11.0 Å². The summed E-state index contributed by atoms with van der Waals surface area (Å²) in [7, 11) is 0. The lowest BCUT2D eigenvalue weighted by Crippen LogP contribution is -2.47. The predicted molar refractivity (Wildman–Crippen MR) is 111 cm³/mol. The summed E-state index contributed by atoms with van der Waals surface area (Å²) in [6, 6.07) is 0. The number of hydrogen-bond donors (Lipinski definition) is 0. The number of nitrogens with zero attached hydrogens (tertiary/aromatic N) is 2. The average Bonchev–Trinajstić information content (AvgIpc) is 2.59. The number of carbonyl (C=O) groups is 2. The van der Waals surface area contributed by atoms with Gasteiger partial charge < -0.3 is 14.4 Å². The molecular formula is C20H30Cl2N2O4. The average molecular weight is 433 g/mol. The minimum Gasteiger partial charge on any atom is -0.466 e. The molecule has 1 saturated heterocycles. The molecular weight excluding hydrogens is 403 g/mol. The van der Waals surface area contributed by atoms with Crippen LogP contribution >= 0.6 is 23.2 Å². The Morgan fingerprint density at radius 3 is 2.21 bits per heavy atom. The van der Waals surface area contributed by atoms with Crippen LogP contribution in [0.5, 0.6) is 0 Å². The highest BCUT2D eigenvalue weighted by Gasteiger charge is 2.40. The third-order valence-corrected chi connectivity index (χ3v) is 5.18. The van der Waals surface area contributed by atoms with Crippen molar-refractivity contribution in [2.24, 2.45) is 5.41 Å². The Kier molecular flexibility index (Phi) is 9.02. The van der Waals surface area contributed by atoms with Gasteiger partial charge in [-0.3, -0.25) is 9.78 Å². The Labute approximate surface area is 177 Å². The smallest absolute Gasteiger partial charge is 0.410 e. The van der Waals surface area contributed by atoms with Crippen molar-refractivity contribution in [2.45, 2.75) is 60.0 Å². The quantitative estimate of drug-likeness (QED) is 0.594. The van der Waals surface area contributed by atoms with Crippen LogP contribution in [0, 0.1) is 12.3 Å². The highest BCUT2D eigenvalue weighted by atomic mass is 35.5. The second-order valence-electron chi connectivity index (χ2n) is 8.00. The second kappa shape index (κ2) is 10.3. The fraction of sp³-hybridized carbons (Fsp3) is 0.650. The fourth-order valence-corrected chi connectivity index (χ4v) is 2.84. The Morgan fingerprint density at radius 1 is 1.21 bits per heavy atom. The Morgan fingerprint density at radius 2 is 1.79 bits per heavy atom. The topological polar surface area (TPSA) is 68.7 Å². The van der Waals surface area contributed by atoms with Gasteiger partial charge in [-0.2, -0.15) is 0 Å². The molecule has 6 nitrogen and oxygen atoms in total. The minimum absolute atomic E-state index is 0.168. The van der Waals surface area contributed by atoms with Gasteiger partial charge in [0.05, 0.1) is 22.1 Å². The van der Waals surface area contributed by atoms with Gasteiger partial charge in [0.15, 0.2) is 0 Å². The van der Waals surface area contributed by atoms with Crippen LogP contribution in [0.15, 0.2) is 12.4 Å². The summed E-state index contributed by atoms with van der Waals surface area (Å²) in [5.41, 5.74) is -0.0581. The first-order valence-corrected chi connectivity index (χ1v) is 10.1. The molecule has 2 rings (SSSR count). The number of pyridine rings is 1. The molecule has 0 unspecified atom stereocenters. The fourth-order valence-electron chi connectivity index (χ4n) is 2.53. The van der Waals surface area contributed by atoms with Gasteiger partial charge in [-0.05, 0) is 59.9 Å². The maximum absolute atomic E-state index is 11.9. The first-order valence-electron chi connectivity index (χ1n) is 9.30. The number of piperidine rings is 1. The molecule has 0 aliphatic carbocycles. The van der Waals surface area contributed by atoms with Crippen LogP contribution in [0.1, 0.15) is 53.0 Å². The van der Waals surface area contributed by atoms with Crippen LogP contribution in [-0.2, 0) is 14.3 Å². The summed E-state index contributed by atoms with van der Waals surface area (Å²) < 4.78 is 10.4. The van der Waals surface area contributed by atoms with Gasteiger partial charge in [0.1, 0.15) is 5.60 Å². The van der Waals surface area contributed by atoms with Gasteiger partial charge in [0.2, 0.25) is 0 Å². The van der Waals surface area contributed by atoms with Gasteiger partial charge in [0, 0.05) is 25.5 Å². The van der Waals surface area contributed by atoms with E-state index in [-0.39, 0.29) is 12.1 Å². The molecule has 1 fully saturated rings. The lowest BCUT2D eigenvalue weighted by Gasteiger charge is -2.37. The van der Waals surface area contributed by atoms with Crippen molar-refractivity contribution in [1.29, 1.82) is 0 Å². The highest BCUT2D eigenvalue weighted by molar-refractivity contribution is 6.42. The minimum atomic E-state index is -0.487. The van der Waals surface area contributed by atoms with E-state index in [0.717, 1.165) is 5.56 Å². The van der Waals surface area contributed by atoms with Gasteiger partial charge in [-0.1, -0.05) is 23.2 Å². The predicted octanol–water partition coefficient (Wildman–Crippen LogP) is 5.28. The van der Waals surface area contributed by atoms with Crippen LogP contribution in [-0.4, -0.2) is 47.2 Å². The van der Waals surface area contributed by atoms with E-state index in [2.05, 4.69) is 4.98 Å². The maximum atomic E-state index is 11.9. The summed E-state index contributed by atoms with van der Waals surface area (Å²) in [5, 5.41) is 1.10. The highest BCUT2D eigenvalue weighted by Crippen LogP contribution is 2.32. The summed E-state index contributed by atoms with van der Waals surface area (Å²) in [5.74, 6) is -0.168. The number of hydrogen-bond acceptors (Lipinski definition) is 5. The summed E-state index contributed by atoms with van der Waals surface area (Å²) in [6.45, 7) is 12.6. The van der Waals surface area contributed by atoms with Crippen molar-refractivity contribution in [3.63, 3.8) is 0 Å². The number of halogens is 2. The van der Waals surface area contributed by atoms with E-state index in [0.29, 0.717) is 42.6 Å². The van der Waals surface area contributed by atoms with Crippen LogP contribution in [0.4, 0.5) is 4.79 Å². The van der Waals surface area contributed by atoms with Crippen molar-refractivity contribution in [1.82, 2.24) is 9.88 Å². The number of amides is 1. The molecule has 1 aromatic rings. The van der Waals surface area contributed by atoms with Gasteiger partial charge in [-0.15, -0.1) is 0 Å². The van der Waals surface area contributed by atoms with E-state index in [9.17, 15) is 9.59 Å². The maximum Gasteiger partial charge on any atom is 0.410 e. The first kappa shape index (κ1) is 24.5.